The maximum Gasteiger partial charge on any atom is 0.274 e. The second kappa shape index (κ2) is 8.83. The van der Waals surface area contributed by atoms with Gasteiger partial charge in [-0.3, -0.25) is 9.59 Å². The van der Waals surface area contributed by atoms with Crippen molar-refractivity contribution >= 4 is 16.7 Å². The van der Waals surface area contributed by atoms with Gasteiger partial charge < -0.3 is 10.1 Å². The van der Waals surface area contributed by atoms with Crippen molar-refractivity contribution in [2.75, 3.05) is 6.61 Å². The summed E-state index contributed by atoms with van der Waals surface area (Å²) in [7, 11) is 1.64. The lowest BCUT2D eigenvalue weighted by molar-refractivity contribution is -0.123. The molecule has 31 heavy (non-hydrogen) atoms. The number of amides is 1. The third kappa shape index (κ3) is 4.48. The van der Waals surface area contributed by atoms with Gasteiger partial charge in [0.05, 0.1) is 17.1 Å². The van der Waals surface area contributed by atoms with Crippen LogP contribution in [0.3, 0.4) is 0 Å². The minimum absolute atomic E-state index is 0.0719. The highest BCUT2D eigenvalue weighted by atomic mass is 16.5. The van der Waals surface area contributed by atoms with Crippen molar-refractivity contribution < 1.29 is 9.53 Å². The number of fused-ring (bicyclic) bond motifs is 1. The molecule has 0 spiro atoms. The molecule has 0 saturated carbocycles. The summed E-state index contributed by atoms with van der Waals surface area (Å²) in [5.74, 6) is 0.395. The standard InChI is InChI=1S/C25H23N3O3/c1-17(18-8-4-3-5-9-18)26-23(29)16-31-20-14-12-19(13-15-20)24-21-10-6-7-11-22(21)25(30)28(2)27-24/h3-15,17H,16H2,1-2H3,(H,26,29). The Morgan fingerprint density at radius 2 is 1.61 bits per heavy atom. The van der Waals surface area contributed by atoms with E-state index in [1.165, 1.54) is 4.68 Å². The Kier molecular flexibility index (Phi) is 5.80. The van der Waals surface area contributed by atoms with E-state index < -0.39 is 0 Å². The zero-order valence-corrected chi connectivity index (χ0v) is 17.4. The molecule has 0 saturated heterocycles. The molecule has 1 atom stereocenters. The van der Waals surface area contributed by atoms with Gasteiger partial charge in [0.2, 0.25) is 0 Å². The van der Waals surface area contributed by atoms with Crippen LogP contribution in [0.15, 0.2) is 83.7 Å². The van der Waals surface area contributed by atoms with Gasteiger partial charge in [-0.25, -0.2) is 4.68 Å². The van der Waals surface area contributed by atoms with Gasteiger partial charge in [0, 0.05) is 18.0 Å². The van der Waals surface area contributed by atoms with Crippen LogP contribution in [0.2, 0.25) is 0 Å². The first-order valence-electron chi connectivity index (χ1n) is 10.1. The molecule has 0 bridgehead atoms. The number of ether oxygens (including phenoxy) is 1. The Morgan fingerprint density at radius 1 is 0.968 bits per heavy atom. The molecule has 0 radical (unpaired) electrons. The number of benzene rings is 3. The Bertz CT molecular complexity index is 1260. The van der Waals surface area contributed by atoms with Crippen LogP contribution in [0.5, 0.6) is 5.75 Å². The molecule has 4 aromatic rings. The predicted octanol–water partition coefficient (Wildman–Crippen LogP) is 3.86. The molecule has 0 aliphatic carbocycles. The zero-order chi connectivity index (χ0) is 21.8. The lowest BCUT2D eigenvalue weighted by Crippen LogP contribution is -2.31. The molecule has 0 fully saturated rings. The number of nitrogens with one attached hydrogen (secondary N) is 1. The van der Waals surface area contributed by atoms with Crippen LogP contribution in [0.25, 0.3) is 22.0 Å². The second-order valence-electron chi connectivity index (χ2n) is 7.34. The van der Waals surface area contributed by atoms with Crippen molar-refractivity contribution in [3.8, 4) is 17.0 Å². The Balaban J connectivity index is 1.45. The Morgan fingerprint density at radius 3 is 2.32 bits per heavy atom. The first kappa shape index (κ1) is 20.3. The van der Waals surface area contributed by atoms with Crippen molar-refractivity contribution in [1.29, 1.82) is 0 Å². The summed E-state index contributed by atoms with van der Waals surface area (Å²) in [6.45, 7) is 1.87. The highest BCUT2D eigenvalue weighted by molar-refractivity contribution is 5.93. The third-order valence-corrected chi connectivity index (χ3v) is 5.13. The molecule has 1 aromatic heterocycles. The predicted molar refractivity (Wildman–Crippen MR) is 121 cm³/mol. The topological polar surface area (TPSA) is 73.2 Å². The fourth-order valence-electron chi connectivity index (χ4n) is 3.48. The van der Waals surface area contributed by atoms with Gasteiger partial charge in [0.1, 0.15) is 5.75 Å². The molecular weight excluding hydrogens is 390 g/mol. The van der Waals surface area contributed by atoms with E-state index in [2.05, 4.69) is 10.4 Å². The molecule has 1 unspecified atom stereocenters. The summed E-state index contributed by atoms with van der Waals surface area (Å²) in [5, 5.41) is 8.79. The molecule has 156 valence electrons. The fourth-order valence-corrected chi connectivity index (χ4v) is 3.48. The van der Waals surface area contributed by atoms with E-state index in [9.17, 15) is 9.59 Å². The van der Waals surface area contributed by atoms with Crippen LogP contribution >= 0.6 is 0 Å². The molecule has 6 nitrogen and oxygen atoms in total. The van der Waals surface area contributed by atoms with Crippen LogP contribution in [0.1, 0.15) is 18.5 Å². The summed E-state index contributed by atoms with van der Waals surface area (Å²) in [6, 6.07) is 24.4. The molecule has 1 N–H and O–H groups in total. The number of aromatic nitrogens is 2. The minimum atomic E-state index is -0.189. The van der Waals surface area contributed by atoms with Crippen LogP contribution in [0.4, 0.5) is 0 Å². The zero-order valence-electron chi connectivity index (χ0n) is 17.4. The van der Waals surface area contributed by atoms with Gasteiger partial charge >= 0.3 is 0 Å². The van der Waals surface area contributed by atoms with Gasteiger partial charge in [-0.05, 0) is 42.8 Å². The van der Waals surface area contributed by atoms with Crippen LogP contribution in [-0.4, -0.2) is 22.3 Å². The number of carbonyl (C=O) groups is 1. The molecule has 0 aliphatic rings. The van der Waals surface area contributed by atoms with Crippen molar-refractivity contribution in [3.05, 3.63) is 94.8 Å². The molecule has 0 aliphatic heterocycles. The molecule has 6 heteroatoms. The van der Waals surface area contributed by atoms with Gasteiger partial charge in [0.15, 0.2) is 6.61 Å². The van der Waals surface area contributed by atoms with Crippen LogP contribution in [-0.2, 0) is 11.8 Å². The number of carbonyl (C=O) groups excluding carboxylic acids is 1. The maximum atomic E-state index is 12.3. The van der Waals surface area contributed by atoms with E-state index in [4.69, 9.17) is 4.74 Å². The van der Waals surface area contributed by atoms with E-state index in [1.807, 2.05) is 67.6 Å². The van der Waals surface area contributed by atoms with Gasteiger partial charge in [-0.1, -0.05) is 48.5 Å². The lowest BCUT2D eigenvalue weighted by Gasteiger charge is -2.15. The molecule has 4 rings (SSSR count). The van der Waals surface area contributed by atoms with Crippen LogP contribution in [0, 0.1) is 0 Å². The molecular formula is C25H23N3O3. The number of hydrogen-bond donors (Lipinski definition) is 1. The Hall–Kier alpha value is -3.93. The van der Waals surface area contributed by atoms with E-state index in [1.54, 1.807) is 25.2 Å². The number of aryl methyl sites for hydroxylation is 1. The normalized spacial score (nSPS) is 11.8. The summed E-state index contributed by atoms with van der Waals surface area (Å²) >= 11 is 0. The average Bonchev–Trinajstić information content (AvgIpc) is 2.81. The quantitative estimate of drug-likeness (QED) is 0.521. The first-order valence-corrected chi connectivity index (χ1v) is 10.1. The lowest BCUT2D eigenvalue weighted by atomic mass is 10.1. The van der Waals surface area contributed by atoms with E-state index in [0.29, 0.717) is 11.1 Å². The number of nitrogens with zero attached hydrogens (tertiary/aromatic N) is 2. The first-order chi connectivity index (χ1) is 15.0. The highest BCUT2D eigenvalue weighted by Crippen LogP contribution is 2.26. The van der Waals surface area contributed by atoms with Gasteiger partial charge in [0.25, 0.3) is 11.5 Å². The summed E-state index contributed by atoms with van der Waals surface area (Å²) < 4.78 is 6.99. The average molecular weight is 413 g/mol. The largest absolute Gasteiger partial charge is 0.484 e. The summed E-state index contributed by atoms with van der Waals surface area (Å²) in [5.41, 5.74) is 2.49. The smallest absolute Gasteiger partial charge is 0.274 e. The Labute approximate surface area is 180 Å². The van der Waals surface area contributed by atoms with Crippen molar-refractivity contribution in [3.63, 3.8) is 0 Å². The third-order valence-electron chi connectivity index (χ3n) is 5.13. The minimum Gasteiger partial charge on any atom is -0.484 e. The SMILES string of the molecule is CC(NC(=O)COc1ccc(-c2nn(C)c(=O)c3ccccc23)cc1)c1ccccc1. The summed E-state index contributed by atoms with van der Waals surface area (Å²) in [4.78, 5) is 24.6. The number of rotatable bonds is 6. The number of hydrogen-bond acceptors (Lipinski definition) is 4. The molecule has 1 heterocycles. The van der Waals surface area contributed by atoms with Crippen molar-refractivity contribution in [2.45, 2.75) is 13.0 Å². The maximum absolute atomic E-state index is 12.3. The van der Waals surface area contributed by atoms with E-state index >= 15 is 0 Å². The van der Waals surface area contributed by atoms with E-state index in [-0.39, 0.29) is 24.1 Å². The van der Waals surface area contributed by atoms with Crippen molar-refractivity contribution in [2.24, 2.45) is 7.05 Å². The summed E-state index contributed by atoms with van der Waals surface area (Å²) in [6.07, 6.45) is 0. The highest BCUT2D eigenvalue weighted by Gasteiger charge is 2.12. The fraction of sp³-hybridized carbons (Fsp3) is 0.160. The van der Waals surface area contributed by atoms with Gasteiger partial charge in [-0.15, -0.1) is 0 Å². The van der Waals surface area contributed by atoms with Crippen LogP contribution < -0.4 is 15.6 Å². The van der Waals surface area contributed by atoms with Crippen molar-refractivity contribution in [1.82, 2.24) is 15.1 Å². The monoisotopic (exact) mass is 413 g/mol. The van der Waals surface area contributed by atoms with Gasteiger partial charge in [-0.2, -0.15) is 5.10 Å². The second-order valence-corrected chi connectivity index (χ2v) is 7.34. The molecule has 3 aromatic carbocycles. The molecule has 1 amide bonds. The van der Waals surface area contributed by atoms with E-state index in [0.717, 1.165) is 22.2 Å².